The molecule has 6 heteroatoms. The van der Waals surface area contributed by atoms with Gasteiger partial charge in [0.15, 0.2) is 0 Å². The molecule has 132 valence electrons. The number of pyridine rings is 1. The van der Waals surface area contributed by atoms with Crippen molar-refractivity contribution in [2.45, 2.75) is 37.6 Å². The number of ether oxygens (including phenoxy) is 2. The van der Waals surface area contributed by atoms with Crippen LogP contribution >= 0.6 is 11.3 Å². The molecule has 2 fully saturated rings. The summed E-state index contributed by atoms with van der Waals surface area (Å²) in [6.45, 7) is 2.66. The van der Waals surface area contributed by atoms with E-state index in [1.165, 1.54) is 11.3 Å². The predicted molar refractivity (Wildman–Crippen MR) is 95.6 cm³/mol. The number of aromatic nitrogens is 1. The highest BCUT2D eigenvalue weighted by atomic mass is 32.1. The van der Waals surface area contributed by atoms with Gasteiger partial charge in [0.05, 0.1) is 35.5 Å². The van der Waals surface area contributed by atoms with Crippen LogP contribution in [0.1, 0.15) is 34.6 Å². The monoisotopic (exact) mass is 358 g/mol. The molecule has 25 heavy (non-hydrogen) atoms. The molecule has 4 rings (SSSR count). The van der Waals surface area contributed by atoms with Crippen molar-refractivity contribution in [3.05, 3.63) is 52.5 Å². The van der Waals surface area contributed by atoms with Gasteiger partial charge in [0.1, 0.15) is 0 Å². The first-order valence-corrected chi connectivity index (χ1v) is 9.60. The molecule has 2 aliphatic rings. The van der Waals surface area contributed by atoms with Crippen molar-refractivity contribution in [2.75, 3.05) is 19.7 Å². The van der Waals surface area contributed by atoms with Crippen LogP contribution in [0.2, 0.25) is 0 Å². The number of likely N-dealkylation sites (tertiary alicyclic amines) is 1. The van der Waals surface area contributed by atoms with E-state index in [9.17, 15) is 4.79 Å². The molecule has 2 aromatic rings. The normalized spacial score (nSPS) is 22.4. The lowest BCUT2D eigenvalue weighted by atomic mass is 9.88. The van der Waals surface area contributed by atoms with Crippen LogP contribution in [0.5, 0.6) is 0 Å². The SMILES string of the molecule is O=C(c1cccs1)N1CCC2(CC1)CC(OCc1ccccn1)CO2. The first-order valence-electron chi connectivity index (χ1n) is 8.72. The maximum absolute atomic E-state index is 12.5. The molecule has 1 amide bonds. The van der Waals surface area contributed by atoms with E-state index in [1.807, 2.05) is 40.6 Å². The van der Waals surface area contributed by atoms with E-state index < -0.39 is 0 Å². The molecule has 4 heterocycles. The topological polar surface area (TPSA) is 51.7 Å². The minimum absolute atomic E-state index is 0.113. The Bertz CT molecular complexity index is 697. The van der Waals surface area contributed by atoms with E-state index in [-0.39, 0.29) is 17.6 Å². The minimum atomic E-state index is -0.124. The lowest BCUT2D eigenvalue weighted by Crippen LogP contribution is -2.46. The van der Waals surface area contributed by atoms with E-state index in [0.717, 1.165) is 42.9 Å². The number of carbonyl (C=O) groups is 1. The fourth-order valence-corrected chi connectivity index (χ4v) is 4.31. The van der Waals surface area contributed by atoms with Crippen LogP contribution in [-0.2, 0) is 16.1 Å². The van der Waals surface area contributed by atoms with Gasteiger partial charge in [0.2, 0.25) is 0 Å². The van der Waals surface area contributed by atoms with Crippen LogP contribution < -0.4 is 0 Å². The Labute approximate surface area is 151 Å². The summed E-state index contributed by atoms with van der Waals surface area (Å²) in [4.78, 5) is 19.5. The molecule has 1 spiro atoms. The average molecular weight is 358 g/mol. The second-order valence-corrected chi connectivity index (χ2v) is 7.67. The van der Waals surface area contributed by atoms with Gasteiger partial charge in [-0.3, -0.25) is 9.78 Å². The Balaban J connectivity index is 1.28. The summed E-state index contributed by atoms with van der Waals surface area (Å²) in [5.41, 5.74) is 0.820. The fraction of sp³-hybridized carbons (Fsp3) is 0.474. The van der Waals surface area contributed by atoms with Crippen LogP contribution in [0.15, 0.2) is 41.9 Å². The second kappa shape index (κ2) is 7.23. The van der Waals surface area contributed by atoms with E-state index in [1.54, 1.807) is 6.20 Å². The number of rotatable bonds is 4. The molecule has 2 aromatic heterocycles. The van der Waals surface area contributed by atoms with Crippen molar-refractivity contribution in [1.29, 1.82) is 0 Å². The number of hydrogen-bond donors (Lipinski definition) is 0. The number of nitrogens with zero attached hydrogens (tertiary/aromatic N) is 2. The highest BCUT2D eigenvalue weighted by Gasteiger charge is 2.44. The molecule has 2 saturated heterocycles. The summed E-state index contributed by atoms with van der Waals surface area (Å²) in [5, 5.41) is 1.95. The highest BCUT2D eigenvalue weighted by Crippen LogP contribution is 2.37. The van der Waals surface area contributed by atoms with Crippen molar-refractivity contribution >= 4 is 17.2 Å². The van der Waals surface area contributed by atoms with Crippen LogP contribution in [0.3, 0.4) is 0 Å². The minimum Gasteiger partial charge on any atom is -0.372 e. The lowest BCUT2D eigenvalue weighted by molar-refractivity contribution is -0.0412. The molecular weight excluding hydrogens is 336 g/mol. The maximum atomic E-state index is 12.5. The van der Waals surface area contributed by atoms with Crippen molar-refractivity contribution in [1.82, 2.24) is 9.88 Å². The van der Waals surface area contributed by atoms with Crippen LogP contribution in [0.25, 0.3) is 0 Å². The number of amides is 1. The smallest absolute Gasteiger partial charge is 0.263 e. The zero-order valence-corrected chi connectivity index (χ0v) is 14.9. The van der Waals surface area contributed by atoms with Crippen LogP contribution in [0, 0.1) is 0 Å². The molecule has 0 aromatic carbocycles. The van der Waals surface area contributed by atoms with Gasteiger partial charge in [-0.05, 0) is 36.4 Å². The van der Waals surface area contributed by atoms with E-state index in [0.29, 0.717) is 13.2 Å². The molecule has 1 unspecified atom stereocenters. The predicted octanol–water partition coefficient (Wildman–Crippen LogP) is 3.12. The molecule has 0 aliphatic carbocycles. The summed E-state index contributed by atoms with van der Waals surface area (Å²) < 4.78 is 12.1. The van der Waals surface area contributed by atoms with Gasteiger partial charge in [0, 0.05) is 25.7 Å². The maximum Gasteiger partial charge on any atom is 0.263 e. The molecule has 2 aliphatic heterocycles. The third kappa shape index (κ3) is 3.76. The van der Waals surface area contributed by atoms with Gasteiger partial charge in [-0.1, -0.05) is 12.1 Å². The van der Waals surface area contributed by atoms with E-state index in [4.69, 9.17) is 9.47 Å². The molecule has 0 N–H and O–H groups in total. The van der Waals surface area contributed by atoms with Gasteiger partial charge in [-0.15, -0.1) is 11.3 Å². The molecule has 5 nitrogen and oxygen atoms in total. The Kier molecular flexibility index (Phi) is 4.83. The number of carbonyl (C=O) groups excluding carboxylic acids is 1. The first kappa shape index (κ1) is 16.7. The fourth-order valence-electron chi connectivity index (χ4n) is 3.62. The van der Waals surface area contributed by atoms with Crippen molar-refractivity contribution in [3.8, 4) is 0 Å². The largest absolute Gasteiger partial charge is 0.372 e. The lowest BCUT2D eigenvalue weighted by Gasteiger charge is -2.38. The Morgan fingerprint density at radius 1 is 1.32 bits per heavy atom. The van der Waals surface area contributed by atoms with E-state index in [2.05, 4.69) is 4.98 Å². The molecule has 0 bridgehead atoms. The molecule has 0 saturated carbocycles. The summed E-state index contributed by atoms with van der Waals surface area (Å²) in [6, 6.07) is 9.67. The van der Waals surface area contributed by atoms with Crippen molar-refractivity contribution in [2.24, 2.45) is 0 Å². The Hall–Kier alpha value is -1.76. The van der Waals surface area contributed by atoms with Gasteiger partial charge >= 0.3 is 0 Å². The summed E-state index contributed by atoms with van der Waals surface area (Å²) in [7, 11) is 0. The number of piperidine rings is 1. The average Bonchev–Trinajstić information content (AvgIpc) is 3.32. The summed E-state index contributed by atoms with van der Waals surface area (Å²) >= 11 is 1.50. The van der Waals surface area contributed by atoms with Gasteiger partial charge in [-0.25, -0.2) is 0 Å². The standard InChI is InChI=1S/C19H22N2O3S/c22-18(17-5-3-11-25-17)21-9-6-19(7-10-21)12-16(14-24-19)23-13-15-4-1-2-8-20-15/h1-5,8,11,16H,6-7,9-10,12-14H2. The highest BCUT2D eigenvalue weighted by molar-refractivity contribution is 7.12. The summed E-state index contributed by atoms with van der Waals surface area (Å²) in [5.74, 6) is 0.144. The first-order chi connectivity index (χ1) is 12.2. The third-order valence-corrected chi connectivity index (χ3v) is 5.92. The Morgan fingerprint density at radius 2 is 2.20 bits per heavy atom. The summed E-state index contributed by atoms with van der Waals surface area (Å²) in [6.07, 6.45) is 4.56. The number of hydrogen-bond acceptors (Lipinski definition) is 5. The number of thiophene rings is 1. The van der Waals surface area contributed by atoms with Gasteiger partial charge in [-0.2, -0.15) is 0 Å². The van der Waals surface area contributed by atoms with Gasteiger partial charge in [0.25, 0.3) is 5.91 Å². The van der Waals surface area contributed by atoms with Crippen LogP contribution in [-0.4, -0.2) is 47.2 Å². The zero-order valence-electron chi connectivity index (χ0n) is 14.1. The zero-order chi connectivity index (χ0) is 17.1. The Morgan fingerprint density at radius 3 is 2.92 bits per heavy atom. The van der Waals surface area contributed by atoms with E-state index >= 15 is 0 Å². The quantitative estimate of drug-likeness (QED) is 0.843. The molecule has 1 atom stereocenters. The van der Waals surface area contributed by atoms with Crippen molar-refractivity contribution in [3.63, 3.8) is 0 Å². The van der Waals surface area contributed by atoms with Crippen LogP contribution in [0.4, 0.5) is 0 Å². The second-order valence-electron chi connectivity index (χ2n) is 6.72. The third-order valence-electron chi connectivity index (χ3n) is 5.06. The molecular formula is C19H22N2O3S. The molecule has 0 radical (unpaired) electrons. The van der Waals surface area contributed by atoms with Gasteiger partial charge < -0.3 is 14.4 Å². The van der Waals surface area contributed by atoms with Crippen molar-refractivity contribution < 1.29 is 14.3 Å².